The number of fused-ring (bicyclic) bond motifs is 1. The summed E-state index contributed by atoms with van der Waals surface area (Å²) in [6.07, 6.45) is 8.27. The predicted octanol–water partition coefficient (Wildman–Crippen LogP) is 1.76. The molecule has 1 saturated heterocycles. The van der Waals surface area contributed by atoms with Crippen molar-refractivity contribution in [3.63, 3.8) is 0 Å². The molecule has 1 aliphatic rings. The van der Waals surface area contributed by atoms with Crippen LogP contribution in [-0.4, -0.2) is 39.6 Å². The number of anilines is 1. The molecule has 1 N–H and O–H groups in total. The second kappa shape index (κ2) is 7.59. The Bertz CT molecular complexity index is 1100. The maximum atomic E-state index is 13.1. The van der Waals surface area contributed by atoms with Crippen LogP contribution in [0.1, 0.15) is 34.3 Å². The molecule has 1 amide bonds. The summed E-state index contributed by atoms with van der Waals surface area (Å²) in [4.78, 5) is 36.0. The van der Waals surface area contributed by atoms with E-state index >= 15 is 0 Å². The number of carbonyl (C=O) groups excluding carboxylic acids is 1. The number of amides is 1. The fourth-order valence-corrected chi connectivity index (χ4v) is 3.31. The Morgan fingerprint density at radius 2 is 1.96 bits per heavy atom. The summed E-state index contributed by atoms with van der Waals surface area (Å²) in [7, 11) is 0. The highest BCUT2D eigenvalue weighted by Crippen LogP contribution is 2.21. The van der Waals surface area contributed by atoms with Crippen molar-refractivity contribution < 1.29 is 4.79 Å². The molecule has 0 spiro atoms. The Morgan fingerprint density at radius 3 is 2.71 bits per heavy atom. The van der Waals surface area contributed by atoms with Gasteiger partial charge in [0.2, 0.25) is 0 Å². The molecule has 3 aromatic rings. The number of nitrogens with zero attached hydrogens (tertiary/aromatic N) is 5. The van der Waals surface area contributed by atoms with Crippen LogP contribution in [0.3, 0.4) is 0 Å². The fourth-order valence-electron chi connectivity index (χ4n) is 3.31. The van der Waals surface area contributed by atoms with Crippen LogP contribution in [0.2, 0.25) is 0 Å². The normalized spacial score (nSPS) is 14.1. The molecule has 0 radical (unpaired) electrons. The van der Waals surface area contributed by atoms with Gasteiger partial charge in [0.1, 0.15) is 17.0 Å². The Balaban J connectivity index is 1.72. The second-order valence-electron chi connectivity index (χ2n) is 6.67. The largest absolute Gasteiger partial charge is 0.356 e. The Labute approximate surface area is 161 Å². The summed E-state index contributed by atoms with van der Waals surface area (Å²) in [5.74, 6) is 0.241. The van der Waals surface area contributed by atoms with Crippen molar-refractivity contribution in [2.24, 2.45) is 5.10 Å². The van der Waals surface area contributed by atoms with Gasteiger partial charge in [-0.15, -0.1) is 0 Å². The van der Waals surface area contributed by atoms with Gasteiger partial charge in [-0.1, -0.05) is 6.07 Å². The van der Waals surface area contributed by atoms with E-state index in [1.165, 1.54) is 23.0 Å². The van der Waals surface area contributed by atoms with Crippen molar-refractivity contribution in [3.8, 4) is 0 Å². The van der Waals surface area contributed by atoms with Crippen molar-refractivity contribution in [1.82, 2.24) is 19.8 Å². The number of hydrogen-bond acceptors (Lipinski definition) is 6. The average molecular weight is 376 g/mol. The first-order valence-electron chi connectivity index (χ1n) is 9.15. The van der Waals surface area contributed by atoms with Gasteiger partial charge in [-0.3, -0.25) is 19.0 Å². The number of aromatic nitrogens is 3. The molecule has 0 bridgehead atoms. The highest BCUT2D eigenvalue weighted by atomic mass is 16.2. The lowest BCUT2D eigenvalue weighted by Crippen LogP contribution is -2.29. The van der Waals surface area contributed by atoms with Gasteiger partial charge in [-0.05, 0) is 43.5 Å². The molecule has 142 valence electrons. The zero-order chi connectivity index (χ0) is 19.5. The van der Waals surface area contributed by atoms with Gasteiger partial charge in [0.05, 0.1) is 6.21 Å². The van der Waals surface area contributed by atoms with E-state index in [0.29, 0.717) is 22.6 Å². The van der Waals surface area contributed by atoms with Gasteiger partial charge in [-0.2, -0.15) is 5.10 Å². The number of rotatable bonds is 4. The minimum atomic E-state index is -0.369. The Morgan fingerprint density at radius 1 is 1.21 bits per heavy atom. The van der Waals surface area contributed by atoms with Crippen molar-refractivity contribution >= 4 is 23.6 Å². The molecule has 0 aromatic carbocycles. The Hall–Kier alpha value is -3.55. The maximum absolute atomic E-state index is 13.1. The maximum Gasteiger partial charge on any atom is 0.271 e. The summed E-state index contributed by atoms with van der Waals surface area (Å²) < 4.78 is 1.51. The van der Waals surface area contributed by atoms with Crippen molar-refractivity contribution in [1.29, 1.82) is 0 Å². The monoisotopic (exact) mass is 376 g/mol. The third-order valence-electron chi connectivity index (χ3n) is 4.77. The third-order valence-corrected chi connectivity index (χ3v) is 4.77. The third kappa shape index (κ3) is 3.36. The molecule has 3 aromatic heterocycles. The SMILES string of the molecule is Cc1cccn2c(=O)c(C=NNC(=O)c3ccncc3)c(N3CCCC3)nc12. The number of nitrogens with one attached hydrogen (secondary N) is 1. The van der Waals surface area contributed by atoms with Crippen LogP contribution in [0.25, 0.3) is 5.65 Å². The number of carbonyl (C=O) groups is 1. The number of aryl methyl sites for hydroxylation is 1. The molecular formula is C20H20N6O2. The minimum absolute atomic E-state index is 0.211. The van der Waals surface area contributed by atoms with Gasteiger partial charge >= 0.3 is 0 Å². The van der Waals surface area contributed by atoms with Crippen LogP contribution in [0, 0.1) is 6.92 Å². The van der Waals surface area contributed by atoms with E-state index in [1.54, 1.807) is 18.3 Å². The van der Waals surface area contributed by atoms with Gasteiger partial charge in [-0.25, -0.2) is 10.4 Å². The summed E-state index contributed by atoms with van der Waals surface area (Å²) >= 11 is 0. The number of hydrogen-bond donors (Lipinski definition) is 1. The highest BCUT2D eigenvalue weighted by molar-refractivity contribution is 5.95. The topological polar surface area (TPSA) is 92.0 Å². The Kier molecular flexibility index (Phi) is 4.84. The zero-order valence-electron chi connectivity index (χ0n) is 15.5. The first-order valence-corrected chi connectivity index (χ1v) is 9.15. The summed E-state index contributed by atoms with van der Waals surface area (Å²) in [6.45, 7) is 3.62. The van der Waals surface area contributed by atoms with Crippen LogP contribution >= 0.6 is 0 Å². The van der Waals surface area contributed by atoms with Gasteiger partial charge < -0.3 is 4.90 Å². The van der Waals surface area contributed by atoms with Gasteiger partial charge in [0.15, 0.2) is 0 Å². The first kappa shape index (κ1) is 17.8. The van der Waals surface area contributed by atoms with E-state index in [-0.39, 0.29) is 11.5 Å². The molecule has 4 rings (SSSR count). The lowest BCUT2D eigenvalue weighted by atomic mass is 10.2. The lowest BCUT2D eigenvalue weighted by molar-refractivity contribution is 0.0955. The fraction of sp³-hybridized carbons (Fsp3) is 0.250. The van der Waals surface area contributed by atoms with E-state index in [2.05, 4.69) is 20.4 Å². The standard InChI is InChI=1S/C20H20N6O2/c1-14-5-4-12-26-17(14)23-18(25-10-2-3-11-25)16(20(26)28)13-22-24-19(27)15-6-8-21-9-7-15/h4-9,12-13H,2-3,10-11H2,1H3,(H,24,27). The van der Waals surface area contributed by atoms with Crippen LogP contribution in [-0.2, 0) is 0 Å². The van der Waals surface area contributed by atoms with Gasteiger partial charge in [0, 0.05) is 37.2 Å². The molecule has 0 saturated carbocycles. The van der Waals surface area contributed by atoms with E-state index in [4.69, 9.17) is 4.98 Å². The van der Waals surface area contributed by atoms with Crippen molar-refractivity contribution in [3.05, 3.63) is 69.9 Å². The summed E-state index contributed by atoms with van der Waals surface area (Å²) in [5.41, 5.74) is 4.61. The zero-order valence-corrected chi connectivity index (χ0v) is 15.5. The molecule has 4 heterocycles. The van der Waals surface area contributed by atoms with Crippen LogP contribution < -0.4 is 15.9 Å². The molecule has 8 heteroatoms. The molecule has 0 atom stereocenters. The molecule has 0 aliphatic carbocycles. The van der Waals surface area contributed by atoms with Gasteiger partial charge in [0.25, 0.3) is 11.5 Å². The molecule has 0 unspecified atom stereocenters. The van der Waals surface area contributed by atoms with Crippen LogP contribution in [0.15, 0.2) is 52.8 Å². The quantitative estimate of drug-likeness (QED) is 0.553. The number of pyridine rings is 2. The molecule has 1 aliphatic heterocycles. The summed E-state index contributed by atoms with van der Waals surface area (Å²) in [5, 5.41) is 4.02. The van der Waals surface area contributed by atoms with E-state index in [9.17, 15) is 9.59 Å². The molecule has 8 nitrogen and oxygen atoms in total. The number of hydrazone groups is 1. The average Bonchev–Trinajstić information content (AvgIpc) is 3.25. The van der Waals surface area contributed by atoms with Crippen molar-refractivity contribution in [2.45, 2.75) is 19.8 Å². The molecule has 1 fully saturated rings. The van der Waals surface area contributed by atoms with Crippen molar-refractivity contribution in [2.75, 3.05) is 18.0 Å². The van der Waals surface area contributed by atoms with Crippen LogP contribution in [0.4, 0.5) is 5.82 Å². The second-order valence-corrected chi connectivity index (χ2v) is 6.67. The highest BCUT2D eigenvalue weighted by Gasteiger charge is 2.21. The molecular weight excluding hydrogens is 356 g/mol. The summed E-state index contributed by atoms with van der Waals surface area (Å²) in [6, 6.07) is 6.93. The van der Waals surface area contributed by atoms with E-state index in [1.807, 2.05) is 19.1 Å². The van der Waals surface area contributed by atoms with Crippen LogP contribution in [0.5, 0.6) is 0 Å². The molecule has 28 heavy (non-hydrogen) atoms. The predicted molar refractivity (Wildman–Crippen MR) is 107 cm³/mol. The minimum Gasteiger partial charge on any atom is -0.356 e. The smallest absolute Gasteiger partial charge is 0.271 e. The lowest BCUT2D eigenvalue weighted by Gasteiger charge is -2.19. The van der Waals surface area contributed by atoms with E-state index < -0.39 is 0 Å². The van der Waals surface area contributed by atoms with E-state index in [0.717, 1.165) is 31.5 Å². The first-order chi connectivity index (χ1) is 13.6.